The normalized spacial score (nSPS) is 10.8. The van der Waals surface area contributed by atoms with Gasteiger partial charge < -0.3 is 15.2 Å². The summed E-state index contributed by atoms with van der Waals surface area (Å²) in [6.45, 7) is -0.0370. The summed E-state index contributed by atoms with van der Waals surface area (Å²) >= 11 is 0. The summed E-state index contributed by atoms with van der Waals surface area (Å²) in [6, 6.07) is 12.0. The van der Waals surface area contributed by atoms with Crippen LogP contribution in [0.5, 0.6) is 0 Å². The molecule has 0 saturated heterocycles. The van der Waals surface area contributed by atoms with Gasteiger partial charge in [-0.25, -0.2) is 8.78 Å². The molecule has 0 radical (unpaired) electrons. The molecule has 0 spiro atoms. The minimum absolute atomic E-state index is 0.0398. The number of amides is 1. The number of hydrogen-bond acceptors (Lipinski definition) is 4. The Morgan fingerprint density at radius 3 is 2.66 bits per heavy atom. The number of pyridine rings is 1. The first kappa shape index (κ1) is 20.6. The lowest BCUT2D eigenvalue weighted by atomic mass is 10.0. The monoisotopic (exact) mass is 398 g/mol. The number of hydrogen-bond donors (Lipinski definition) is 2. The average molecular weight is 398 g/mol. The first-order valence-electron chi connectivity index (χ1n) is 8.92. The molecule has 29 heavy (non-hydrogen) atoms. The Morgan fingerprint density at radius 2 is 1.93 bits per heavy atom. The van der Waals surface area contributed by atoms with Gasteiger partial charge in [0.05, 0.1) is 24.5 Å². The number of aliphatic hydroxyl groups is 1. The molecular formula is C22H20F2N2O3. The van der Waals surface area contributed by atoms with E-state index >= 15 is 0 Å². The molecule has 5 nitrogen and oxygen atoms in total. The number of carbonyl (C=O) groups excluding carboxylic acids is 1. The van der Waals surface area contributed by atoms with E-state index in [1.54, 1.807) is 30.5 Å². The highest BCUT2D eigenvalue weighted by atomic mass is 19.1. The molecule has 0 saturated carbocycles. The zero-order valence-electron chi connectivity index (χ0n) is 15.8. The molecule has 3 aromatic rings. The topological polar surface area (TPSA) is 71.5 Å². The van der Waals surface area contributed by atoms with Crippen LogP contribution in [0.2, 0.25) is 0 Å². The maximum atomic E-state index is 14.2. The summed E-state index contributed by atoms with van der Waals surface area (Å²) < 4.78 is 33.1. The van der Waals surface area contributed by atoms with Gasteiger partial charge in [-0.2, -0.15) is 0 Å². The van der Waals surface area contributed by atoms with E-state index in [-0.39, 0.29) is 25.3 Å². The number of halogens is 2. The van der Waals surface area contributed by atoms with E-state index in [2.05, 4.69) is 10.3 Å². The Morgan fingerprint density at radius 1 is 1.10 bits per heavy atom. The van der Waals surface area contributed by atoms with Crippen molar-refractivity contribution in [3.8, 4) is 11.3 Å². The SMILES string of the molecule is COCc1ccc(CNC(=O)c2cc(-c3ncccc3CO)ccc2F)cc1F. The van der Waals surface area contributed by atoms with Crippen LogP contribution in [0, 0.1) is 11.6 Å². The van der Waals surface area contributed by atoms with Crippen LogP contribution in [0.15, 0.2) is 54.7 Å². The van der Waals surface area contributed by atoms with Crippen LogP contribution in [0.25, 0.3) is 11.3 Å². The van der Waals surface area contributed by atoms with Gasteiger partial charge in [0.2, 0.25) is 0 Å². The molecule has 0 aliphatic heterocycles. The highest BCUT2D eigenvalue weighted by molar-refractivity contribution is 5.95. The fraction of sp³-hybridized carbons (Fsp3) is 0.182. The Labute approximate surface area is 167 Å². The second-order valence-electron chi connectivity index (χ2n) is 6.41. The molecule has 1 heterocycles. The number of methoxy groups -OCH3 is 1. The maximum absolute atomic E-state index is 14.2. The Balaban J connectivity index is 1.78. The third-order valence-electron chi connectivity index (χ3n) is 4.42. The van der Waals surface area contributed by atoms with E-state index < -0.39 is 17.5 Å². The highest BCUT2D eigenvalue weighted by Gasteiger charge is 2.15. The van der Waals surface area contributed by atoms with Crippen LogP contribution in [0.1, 0.15) is 27.0 Å². The number of carbonyl (C=O) groups is 1. The van der Waals surface area contributed by atoms with Crippen molar-refractivity contribution < 1.29 is 23.4 Å². The molecule has 0 fully saturated rings. The first-order valence-corrected chi connectivity index (χ1v) is 8.92. The Bertz CT molecular complexity index is 1020. The predicted octanol–water partition coefficient (Wildman–Crippen LogP) is 3.60. The van der Waals surface area contributed by atoms with Crippen LogP contribution < -0.4 is 5.32 Å². The summed E-state index contributed by atoms with van der Waals surface area (Å²) in [6.07, 6.45) is 1.55. The largest absolute Gasteiger partial charge is 0.392 e. The van der Waals surface area contributed by atoms with Crippen molar-refractivity contribution >= 4 is 5.91 Å². The third-order valence-corrected chi connectivity index (χ3v) is 4.42. The average Bonchev–Trinajstić information content (AvgIpc) is 2.74. The summed E-state index contributed by atoms with van der Waals surface area (Å²) in [5.41, 5.74) is 2.34. The number of rotatable bonds is 7. The van der Waals surface area contributed by atoms with Gasteiger partial charge in [-0.05, 0) is 35.9 Å². The molecule has 0 aliphatic carbocycles. The van der Waals surface area contributed by atoms with Crippen molar-refractivity contribution in [3.63, 3.8) is 0 Å². The lowest BCUT2D eigenvalue weighted by Crippen LogP contribution is -2.24. The van der Waals surface area contributed by atoms with Crippen LogP contribution in [-0.4, -0.2) is 23.1 Å². The molecule has 0 aliphatic rings. The second kappa shape index (κ2) is 9.36. The van der Waals surface area contributed by atoms with Gasteiger partial charge in [-0.1, -0.05) is 18.2 Å². The van der Waals surface area contributed by atoms with Crippen molar-refractivity contribution in [1.82, 2.24) is 10.3 Å². The molecule has 0 atom stereocenters. The minimum Gasteiger partial charge on any atom is -0.392 e. The van der Waals surface area contributed by atoms with Gasteiger partial charge in [0.25, 0.3) is 5.91 Å². The molecular weight excluding hydrogens is 378 g/mol. The van der Waals surface area contributed by atoms with Gasteiger partial charge in [0.15, 0.2) is 0 Å². The van der Waals surface area contributed by atoms with E-state index in [4.69, 9.17) is 4.74 Å². The summed E-state index contributed by atoms with van der Waals surface area (Å²) in [4.78, 5) is 16.7. The Kier molecular flexibility index (Phi) is 6.64. The van der Waals surface area contributed by atoms with Crippen molar-refractivity contribution in [2.24, 2.45) is 0 Å². The molecule has 3 rings (SSSR count). The fourth-order valence-electron chi connectivity index (χ4n) is 2.92. The smallest absolute Gasteiger partial charge is 0.254 e. The summed E-state index contributed by atoms with van der Waals surface area (Å²) in [5, 5.41) is 12.1. The maximum Gasteiger partial charge on any atom is 0.254 e. The zero-order chi connectivity index (χ0) is 20.8. The molecule has 7 heteroatoms. The second-order valence-corrected chi connectivity index (χ2v) is 6.41. The van der Waals surface area contributed by atoms with Gasteiger partial charge in [0.1, 0.15) is 11.6 Å². The van der Waals surface area contributed by atoms with E-state index in [1.165, 1.54) is 31.4 Å². The van der Waals surface area contributed by atoms with Crippen molar-refractivity contribution in [3.05, 3.63) is 88.6 Å². The van der Waals surface area contributed by atoms with E-state index in [0.29, 0.717) is 27.9 Å². The third kappa shape index (κ3) is 4.82. The van der Waals surface area contributed by atoms with Gasteiger partial charge in [0, 0.05) is 36.5 Å². The van der Waals surface area contributed by atoms with E-state index in [9.17, 15) is 18.7 Å². The number of nitrogens with zero attached hydrogens (tertiary/aromatic N) is 1. The molecule has 0 bridgehead atoms. The Hall–Kier alpha value is -3.16. The highest BCUT2D eigenvalue weighted by Crippen LogP contribution is 2.24. The molecule has 2 N–H and O–H groups in total. The molecule has 1 amide bonds. The quantitative estimate of drug-likeness (QED) is 0.638. The van der Waals surface area contributed by atoms with E-state index in [0.717, 1.165) is 0 Å². The van der Waals surface area contributed by atoms with Crippen LogP contribution in [0.3, 0.4) is 0 Å². The zero-order valence-corrected chi connectivity index (χ0v) is 15.8. The predicted molar refractivity (Wildman–Crippen MR) is 104 cm³/mol. The number of aliphatic hydroxyl groups excluding tert-OH is 1. The first-order chi connectivity index (χ1) is 14.0. The summed E-state index contributed by atoms with van der Waals surface area (Å²) in [7, 11) is 1.48. The number of nitrogens with one attached hydrogen (secondary N) is 1. The number of ether oxygens (including phenoxy) is 1. The fourth-order valence-corrected chi connectivity index (χ4v) is 2.92. The van der Waals surface area contributed by atoms with Crippen molar-refractivity contribution in [1.29, 1.82) is 0 Å². The van der Waals surface area contributed by atoms with Crippen LogP contribution in [-0.2, 0) is 24.5 Å². The number of aromatic nitrogens is 1. The van der Waals surface area contributed by atoms with Crippen molar-refractivity contribution in [2.45, 2.75) is 19.8 Å². The van der Waals surface area contributed by atoms with Crippen LogP contribution >= 0.6 is 0 Å². The molecule has 150 valence electrons. The van der Waals surface area contributed by atoms with Gasteiger partial charge >= 0.3 is 0 Å². The van der Waals surface area contributed by atoms with E-state index in [1.807, 2.05) is 0 Å². The van der Waals surface area contributed by atoms with Crippen LogP contribution in [0.4, 0.5) is 8.78 Å². The molecule has 2 aromatic carbocycles. The van der Waals surface area contributed by atoms with Crippen molar-refractivity contribution in [2.75, 3.05) is 7.11 Å². The van der Waals surface area contributed by atoms with Gasteiger partial charge in [-0.15, -0.1) is 0 Å². The minimum atomic E-state index is -0.686. The number of benzene rings is 2. The molecule has 1 aromatic heterocycles. The lowest BCUT2D eigenvalue weighted by molar-refractivity contribution is 0.0947. The standard InChI is InChI=1S/C22H20F2N2O3/c1-29-13-17-5-4-14(9-20(17)24)11-26-22(28)18-10-15(6-7-19(18)23)21-16(12-27)3-2-8-25-21/h2-10,27H,11-13H2,1H3,(H,26,28). The summed E-state index contributed by atoms with van der Waals surface area (Å²) in [5.74, 6) is -1.75. The lowest BCUT2D eigenvalue weighted by Gasteiger charge is -2.11. The van der Waals surface area contributed by atoms with Gasteiger partial charge in [-0.3, -0.25) is 9.78 Å². The molecule has 0 unspecified atom stereocenters.